The number of ether oxygens (including phenoxy) is 2. The fraction of sp³-hybridized carbons (Fsp3) is 0.250. The van der Waals surface area contributed by atoms with Crippen LogP contribution in [0.2, 0.25) is 0 Å². The molecule has 1 N–H and O–H groups in total. The van der Waals surface area contributed by atoms with Gasteiger partial charge in [-0.05, 0) is 13.0 Å². The highest BCUT2D eigenvalue weighted by molar-refractivity contribution is 7.17. The molecule has 12 heteroatoms. The molecule has 0 unspecified atom stereocenters. The van der Waals surface area contributed by atoms with Crippen LogP contribution in [0.1, 0.15) is 15.4 Å². The number of carbonyl (C=O) groups is 3. The molecule has 28 heavy (non-hydrogen) atoms. The lowest BCUT2D eigenvalue weighted by Gasteiger charge is -2.28. The predicted octanol–water partition coefficient (Wildman–Crippen LogP) is 1.51. The summed E-state index contributed by atoms with van der Waals surface area (Å²) in [6, 6.07) is 3.79. The van der Waals surface area contributed by atoms with Gasteiger partial charge in [-0.25, -0.2) is 9.78 Å². The molecule has 1 aliphatic rings. The van der Waals surface area contributed by atoms with Crippen LogP contribution in [0.3, 0.4) is 0 Å². The molecule has 0 saturated carbocycles. The number of non-ortho nitro benzene ring substituents is 1. The molecule has 0 radical (unpaired) electrons. The average Bonchev–Trinajstić information content (AvgIpc) is 3.02. The Labute approximate surface area is 162 Å². The van der Waals surface area contributed by atoms with Gasteiger partial charge in [-0.15, -0.1) is 0 Å². The first-order valence-corrected chi connectivity index (χ1v) is 8.69. The molecule has 1 aliphatic heterocycles. The van der Waals surface area contributed by atoms with Crippen LogP contribution in [0.25, 0.3) is 0 Å². The van der Waals surface area contributed by atoms with Crippen molar-refractivity contribution in [3.63, 3.8) is 0 Å². The molecule has 0 bridgehead atoms. The third-order valence-corrected chi connectivity index (χ3v) is 4.86. The quantitative estimate of drug-likeness (QED) is 0.447. The van der Waals surface area contributed by atoms with Crippen molar-refractivity contribution in [2.75, 3.05) is 30.5 Å². The Morgan fingerprint density at radius 2 is 2.21 bits per heavy atom. The minimum Gasteiger partial charge on any atom is -0.482 e. The summed E-state index contributed by atoms with van der Waals surface area (Å²) >= 11 is 0.940. The summed E-state index contributed by atoms with van der Waals surface area (Å²) < 4.78 is 9.89. The number of amides is 2. The van der Waals surface area contributed by atoms with E-state index in [1.807, 2.05) is 0 Å². The van der Waals surface area contributed by atoms with E-state index in [4.69, 9.17) is 4.74 Å². The van der Waals surface area contributed by atoms with E-state index in [0.29, 0.717) is 5.69 Å². The van der Waals surface area contributed by atoms with Crippen molar-refractivity contribution < 1.29 is 28.8 Å². The first-order chi connectivity index (χ1) is 13.3. The van der Waals surface area contributed by atoms with Crippen LogP contribution in [0.5, 0.6) is 5.75 Å². The Hall–Kier alpha value is -3.54. The molecule has 146 valence electrons. The van der Waals surface area contributed by atoms with Crippen LogP contribution < -0.4 is 15.0 Å². The molecule has 0 spiro atoms. The zero-order chi connectivity index (χ0) is 20.4. The van der Waals surface area contributed by atoms with E-state index < -0.39 is 29.3 Å². The van der Waals surface area contributed by atoms with E-state index in [0.717, 1.165) is 16.2 Å². The highest BCUT2D eigenvalue weighted by Crippen LogP contribution is 2.35. The minimum atomic E-state index is -0.607. The Balaban J connectivity index is 1.79. The van der Waals surface area contributed by atoms with Gasteiger partial charge in [0.15, 0.2) is 11.7 Å². The molecule has 11 nitrogen and oxygen atoms in total. The second kappa shape index (κ2) is 7.60. The normalized spacial score (nSPS) is 12.8. The third-order valence-electron chi connectivity index (χ3n) is 3.81. The van der Waals surface area contributed by atoms with Crippen LogP contribution in [0.4, 0.5) is 16.5 Å². The van der Waals surface area contributed by atoms with Gasteiger partial charge in [0.05, 0.1) is 23.4 Å². The Kier molecular flexibility index (Phi) is 5.22. The molecule has 0 atom stereocenters. The number of anilines is 2. The number of rotatable bonds is 5. The molecule has 1 aromatic carbocycles. The number of aryl methyl sites for hydroxylation is 1. The highest BCUT2D eigenvalue weighted by Gasteiger charge is 2.29. The molecule has 3 rings (SSSR count). The van der Waals surface area contributed by atoms with Crippen molar-refractivity contribution in [1.29, 1.82) is 0 Å². The monoisotopic (exact) mass is 406 g/mol. The maximum atomic E-state index is 12.4. The van der Waals surface area contributed by atoms with Gasteiger partial charge in [0.2, 0.25) is 5.91 Å². The van der Waals surface area contributed by atoms with Crippen molar-refractivity contribution in [1.82, 2.24) is 4.98 Å². The maximum Gasteiger partial charge on any atom is 0.350 e. The Morgan fingerprint density at radius 3 is 2.89 bits per heavy atom. The fourth-order valence-electron chi connectivity index (χ4n) is 2.51. The number of methoxy groups -OCH3 is 1. The average molecular weight is 406 g/mol. The number of fused-ring (bicyclic) bond motifs is 1. The van der Waals surface area contributed by atoms with Crippen molar-refractivity contribution >= 4 is 45.6 Å². The number of esters is 1. The number of nitro benzene ring substituents is 1. The first kappa shape index (κ1) is 19.2. The van der Waals surface area contributed by atoms with Crippen LogP contribution in [-0.2, 0) is 14.3 Å². The third kappa shape index (κ3) is 3.76. The highest BCUT2D eigenvalue weighted by atomic mass is 32.1. The number of aromatic nitrogens is 1. The van der Waals surface area contributed by atoms with Gasteiger partial charge < -0.3 is 14.8 Å². The van der Waals surface area contributed by atoms with E-state index in [2.05, 4.69) is 15.0 Å². The van der Waals surface area contributed by atoms with Crippen LogP contribution in [0, 0.1) is 17.0 Å². The zero-order valence-corrected chi connectivity index (χ0v) is 15.6. The van der Waals surface area contributed by atoms with Crippen LogP contribution in [-0.4, -0.2) is 48.0 Å². The number of nitrogens with one attached hydrogen (secondary N) is 1. The molecular formula is C16H14N4O7S. The summed E-state index contributed by atoms with van der Waals surface area (Å²) in [4.78, 5) is 52.0. The summed E-state index contributed by atoms with van der Waals surface area (Å²) in [5.74, 6) is -1.41. The van der Waals surface area contributed by atoms with Gasteiger partial charge in [0.25, 0.3) is 11.6 Å². The van der Waals surface area contributed by atoms with Gasteiger partial charge in [-0.3, -0.25) is 24.6 Å². The number of nitrogens with zero attached hydrogens (tertiary/aromatic N) is 3. The SMILES string of the molecule is COC(=O)c1sc(NC(=O)CN2C(=O)COc3ccc([N+](=O)[O-])cc32)nc1C. The lowest BCUT2D eigenvalue weighted by molar-refractivity contribution is -0.384. The molecule has 1 aromatic heterocycles. The van der Waals surface area contributed by atoms with Crippen LogP contribution in [0.15, 0.2) is 18.2 Å². The number of carbonyl (C=O) groups excluding carboxylic acids is 3. The summed E-state index contributed by atoms with van der Waals surface area (Å²) in [6.07, 6.45) is 0. The second-order valence-corrected chi connectivity index (χ2v) is 6.65. The number of thiazole rings is 1. The van der Waals surface area contributed by atoms with E-state index in [9.17, 15) is 24.5 Å². The van der Waals surface area contributed by atoms with E-state index in [-0.39, 0.29) is 33.7 Å². The van der Waals surface area contributed by atoms with Crippen molar-refractivity contribution in [3.8, 4) is 5.75 Å². The van der Waals surface area contributed by atoms with E-state index in [1.165, 1.54) is 25.3 Å². The molecule has 2 amide bonds. The summed E-state index contributed by atoms with van der Waals surface area (Å²) in [5.41, 5.74) is 0.294. The molecule has 0 saturated heterocycles. The fourth-order valence-corrected chi connectivity index (χ4v) is 3.41. The topological polar surface area (TPSA) is 141 Å². The lowest BCUT2D eigenvalue weighted by Crippen LogP contribution is -2.43. The Morgan fingerprint density at radius 1 is 1.46 bits per heavy atom. The lowest BCUT2D eigenvalue weighted by atomic mass is 10.2. The molecule has 2 aromatic rings. The maximum absolute atomic E-state index is 12.4. The first-order valence-electron chi connectivity index (χ1n) is 7.87. The van der Waals surface area contributed by atoms with Gasteiger partial charge in [0.1, 0.15) is 17.2 Å². The van der Waals surface area contributed by atoms with Crippen molar-refractivity contribution in [2.24, 2.45) is 0 Å². The zero-order valence-electron chi connectivity index (χ0n) is 14.8. The molecular weight excluding hydrogens is 392 g/mol. The summed E-state index contributed by atoms with van der Waals surface area (Å²) in [6.45, 7) is 0.906. The molecule has 0 fully saturated rings. The number of hydrogen-bond donors (Lipinski definition) is 1. The van der Waals surface area contributed by atoms with Gasteiger partial charge in [-0.1, -0.05) is 11.3 Å². The smallest absolute Gasteiger partial charge is 0.350 e. The van der Waals surface area contributed by atoms with E-state index in [1.54, 1.807) is 6.92 Å². The van der Waals surface area contributed by atoms with Gasteiger partial charge in [-0.2, -0.15) is 0 Å². The number of hydrogen-bond acceptors (Lipinski definition) is 9. The van der Waals surface area contributed by atoms with Crippen LogP contribution >= 0.6 is 11.3 Å². The standard InChI is InChI=1S/C16H14N4O7S/c1-8-14(15(23)26-2)28-16(17-8)18-12(21)6-19-10-5-9(20(24)25)3-4-11(10)27-7-13(19)22/h3-5H,6-7H2,1-2H3,(H,17,18,21). The van der Waals surface area contributed by atoms with Crippen molar-refractivity contribution in [3.05, 3.63) is 38.9 Å². The minimum absolute atomic E-state index is 0.131. The second-order valence-electron chi connectivity index (χ2n) is 5.65. The van der Waals surface area contributed by atoms with E-state index >= 15 is 0 Å². The number of nitro groups is 1. The van der Waals surface area contributed by atoms with Crippen molar-refractivity contribution in [2.45, 2.75) is 6.92 Å². The number of benzene rings is 1. The van der Waals surface area contributed by atoms with Gasteiger partial charge in [0, 0.05) is 12.1 Å². The molecule has 0 aliphatic carbocycles. The largest absolute Gasteiger partial charge is 0.482 e. The summed E-state index contributed by atoms with van der Waals surface area (Å²) in [7, 11) is 1.24. The molecule has 2 heterocycles. The van der Waals surface area contributed by atoms with Gasteiger partial charge >= 0.3 is 5.97 Å². The predicted molar refractivity (Wildman–Crippen MR) is 97.8 cm³/mol. The Bertz CT molecular complexity index is 987. The summed E-state index contributed by atoms with van der Waals surface area (Å²) in [5, 5.41) is 13.7.